The fourth-order valence-corrected chi connectivity index (χ4v) is 6.53. The average Bonchev–Trinajstić information content (AvgIpc) is 2.85. The van der Waals surface area contributed by atoms with Gasteiger partial charge in [-0.15, -0.1) is 0 Å². The molecule has 0 aromatic heterocycles. The van der Waals surface area contributed by atoms with Crippen molar-refractivity contribution in [2.45, 2.75) is 81.9 Å². The highest BCUT2D eigenvalue weighted by atomic mass is 16.5. The normalized spacial score (nSPS) is 52.2. The Kier molecular flexibility index (Phi) is 2.78. The molecule has 0 aromatic carbocycles. The maximum atomic E-state index is 6.25. The summed E-state index contributed by atoms with van der Waals surface area (Å²) in [6.07, 6.45) is 14.1. The van der Waals surface area contributed by atoms with Gasteiger partial charge in [0.15, 0.2) is 0 Å². The van der Waals surface area contributed by atoms with Gasteiger partial charge in [0.25, 0.3) is 0 Å². The Morgan fingerprint density at radius 1 is 0.900 bits per heavy atom. The summed E-state index contributed by atoms with van der Waals surface area (Å²) in [5, 5.41) is 4.09. The van der Waals surface area contributed by atoms with E-state index >= 15 is 0 Å². The van der Waals surface area contributed by atoms with Crippen LogP contribution in [0.5, 0.6) is 0 Å². The Morgan fingerprint density at radius 2 is 1.65 bits per heavy atom. The topological polar surface area (TPSA) is 21.3 Å². The van der Waals surface area contributed by atoms with Crippen molar-refractivity contribution in [1.29, 1.82) is 0 Å². The fourth-order valence-electron chi connectivity index (χ4n) is 6.53. The molecule has 20 heavy (non-hydrogen) atoms. The highest BCUT2D eigenvalue weighted by molar-refractivity contribution is 5.17. The molecular formula is C18H29NO. The Morgan fingerprint density at radius 3 is 2.40 bits per heavy atom. The molecule has 0 aromatic rings. The van der Waals surface area contributed by atoms with Crippen LogP contribution in [0.3, 0.4) is 0 Å². The third-order valence-electron chi connectivity index (χ3n) is 7.42. The number of rotatable bonds is 2. The summed E-state index contributed by atoms with van der Waals surface area (Å²) < 4.78 is 6.25. The molecule has 2 bridgehead atoms. The average molecular weight is 275 g/mol. The Bertz CT molecular complexity index is 367. The lowest BCUT2D eigenvalue weighted by Crippen LogP contribution is -2.49. The molecule has 112 valence electrons. The van der Waals surface area contributed by atoms with Crippen LogP contribution in [0.2, 0.25) is 0 Å². The van der Waals surface area contributed by atoms with Crippen molar-refractivity contribution in [3.8, 4) is 0 Å². The second kappa shape index (κ2) is 4.46. The second-order valence-electron chi connectivity index (χ2n) is 8.46. The van der Waals surface area contributed by atoms with E-state index < -0.39 is 0 Å². The summed E-state index contributed by atoms with van der Waals surface area (Å²) in [6, 6.07) is 1.67. The molecule has 1 N–H and O–H groups in total. The van der Waals surface area contributed by atoms with Gasteiger partial charge in [-0.2, -0.15) is 0 Å². The standard InChI is InChI=1S/C18H29NO/c1-2-7-18(8-3-1)11-14(6-9-20-18)19-17-15-12-4-5-13(10-12)16(15)17/h12-17,19H,1-11H2. The smallest absolute Gasteiger partial charge is 0.0697 e. The lowest BCUT2D eigenvalue weighted by Gasteiger charge is -2.44. The Balaban J connectivity index is 1.22. The minimum absolute atomic E-state index is 0.275. The van der Waals surface area contributed by atoms with Gasteiger partial charge in [0.1, 0.15) is 0 Å². The van der Waals surface area contributed by atoms with Crippen LogP contribution in [0.25, 0.3) is 0 Å². The van der Waals surface area contributed by atoms with E-state index in [9.17, 15) is 0 Å². The monoisotopic (exact) mass is 275 g/mol. The van der Waals surface area contributed by atoms with Crippen molar-refractivity contribution < 1.29 is 4.74 Å². The summed E-state index contributed by atoms with van der Waals surface area (Å²) >= 11 is 0. The molecule has 2 nitrogen and oxygen atoms in total. The van der Waals surface area contributed by atoms with E-state index in [0.29, 0.717) is 0 Å². The summed E-state index contributed by atoms with van der Waals surface area (Å²) in [5.74, 6) is 4.37. The lowest BCUT2D eigenvalue weighted by molar-refractivity contribution is -0.109. The summed E-state index contributed by atoms with van der Waals surface area (Å²) in [5.41, 5.74) is 0.275. The minimum atomic E-state index is 0.275. The molecule has 1 aliphatic heterocycles. The van der Waals surface area contributed by atoms with E-state index in [0.717, 1.165) is 42.4 Å². The minimum Gasteiger partial charge on any atom is -0.375 e. The zero-order valence-corrected chi connectivity index (χ0v) is 12.7. The molecule has 5 atom stereocenters. The first-order valence-electron chi connectivity index (χ1n) is 9.25. The van der Waals surface area contributed by atoms with Gasteiger partial charge in [-0.05, 0) is 68.6 Å². The van der Waals surface area contributed by atoms with Gasteiger partial charge < -0.3 is 10.1 Å². The number of hydrogen-bond donors (Lipinski definition) is 1. The van der Waals surface area contributed by atoms with Gasteiger partial charge in [0.2, 0.25) is 0 Å². The van der Waals surface area contributed by atoms with Crippen molar-refractivity contribution in [1.82, 2.24) is 5.32 Å². The van der Waals surface area contributed by atoms with Gasteiger partial charge >= 0.3 is 0 Å². The first kappa shape index (κ1) is 12.5. The highest BCUT2D eigenvalue weighted by Gasteiger charge is 2.65. The molecule has 5 rings (SSSR count). The van der Waals surface area contributed by atoms with Gasteiger partial charge in [-0.25, -0.2) is 0 Å². The number of nitrogens with one attached hydrogen (secondary N) is 1. The van der Waals surface area contributed by atoms with Crippen LogP contribution < -0.4 is 5.32 Å². The van der Waals surface area contributed by atoms with E-state index in [1.807, 2.05) is 0 Å². The van der Waals surface area contributed by atoms with Gasteiger partial charge in [0.05, 0.1) is 5.60 Å². The van der Waals surface area contributed by atoms with E-state index in [2.05, 4.69) is 5.32 Å². The largest absolute Gasteiger partial charge is 0.375 e. The number of hydrogen-bond acceptors (Lipinski definition) is 2. The van der Waals surface area contributed by atoms with Crippen LogP contribution in [0, 0.1) is 23.7 Å². The van der Waals surface area contributed by atoms with Crippen LogP contribution in [0.15, 0.2) is 0 Å². The predicted octanol–water partition coefficient (Wildman–Crippen LogP) is 3.50. The van der Waals surface area contributed by atoms with Gasteiger partial charge in [-0.1, -0.05) is 19.3 Å². The molecule has 0 radical (unpaired) electrons. The molecule has 1 saturated heterocycles. The molecule has 0 amide bonds. The van der Waals surface area contributed by atoms with E-state index in [1.54, 1.807) is 19.3 Å². The molecule has 1 heterocycles. The van der Waals surface area contributed by atoms with Crippen LogP contribution in [-0.2, 0) is 4.74 Å². The summed E-state index contributed by atoms with van der Waals surface area (Å²) in [4.78, 5) is 0. The molecule has 5 unspecified atom stereocenters. The fraction of sp³-hybridized carbons (Fsp3) is 1.00. The van der Waals surface area contributed by atoms with Crippen LogP contribution in [0.1, 0.15) is 64.2 Å². The number of fused-ring (bicyclic) bond motifs is 5. The molecule has 4 aliphatic carbocycles. The zero-order chi connectivity index (χ0) is 13.2. The zero-order valence-electron chi connectivity index (χ0n) is 12.7. The van der Waals surface area contributed by atoms with Crippen molar-refractivity contribution in [3.05, 3.63) is 0 Å². The van der Waals surface area contributed by atoms with Crippen molar-refractivity contribution >= 4 is 0 Å². The molecule has 4 saturated carbocycles. The molecule has 5 aliphatic rings. The lowest BCUT2D eigenvalue weighted by atomic mass is 9.78. The molecular weight excluding hydrogens is 246 g/mol. The van der Waals surface area contributed by atoms with Crippen molar-refractivity contribution in [2.24, 2.45) is 23.7 Å². The second-order valence-corrected chi connectivity index (χ2v) is 8.46. The van der Waals surface area contributed by atoms with E-state index in [1.165, 1.54) is 44.9 Å². The Labute approximate surface area is 123 Å². The maximum absolute atomic E-state index is 6.25. The molecule has 2 heteroatoms. The van der Waals surface area contributed by atoms with E-state index in [-0.39, 0.29) is 5.60 Å². The predicted molar refractivity (Wildman–Crippen MR) is 79.5 cm³/mol. The number of ether oxygens (including phenoxy) is 1. The van der Waals surface area contributed by atoms with Gasteiger partial charge in [0, 0.05) is 18.7 Å². The van der Waals surface area contributed by atoms with E-state index in [4.69, 9.17) is 4.74 Å². The van der Waals surface area contributed by atoms with Crippen LogP contribution >= 0.6 is 0 Å². The SMILES string of the molecule is C1CCC2(CC1)CC(NC1C3C4CCC(C4)C13)CCO2. The van der Waals surface area contributed by atoms with Crippen molar-refractivity contribution in [2.75, 3.05) is 6.61 Å². The third-order valence-corrected chi connectivity index (χ3v) is 7.42. The molecule has 5 fully saturated rings. The van der Waals surface area contributed by atoms with Gasteiger partial charge in [-0.3, -0.25) is 0 Å². The summed E-state index contributed by atoms with van der Waals surface area (Å²) in [7, 11) is 0. The molecule has 1 spiro atoms. The first-order valence-corrected chi connectivity index (χ1v) is 9.25. The highest BCUT2D eigenvalue weighted by Crippen LogP contribution is 2.65. The first-order chi connectivity index (χ1) is 9.85. The quantitative estimate of drug-likeness (QED) is 0.833. The maximum Gasteiger partial charge on any atom is 0.0697 e. The van der Waals surface area contributed by atoms with Crippen LogP contribution in [0.4, 0.5) is 0 Å². The Hall–Kier alpha value is -0.0800. The summed E-state index contributed by atoms with van der Waals surface area (Å²) in [6.45, 7) is 1.01. The van der Waals surface area contributed by atoms with Crippen molar-refractivity contribution in [3.63, 3.8) is 0 Å². The van der Waals surface area contributed by atoms with Crippen LogP contribution in [-0.4, -0.2) is 24.3 Å². The third kappa shape index (κ3) is 1.83.